The van der Waals surface area contributed by atoms with Crippen molar-refractivity contribution in [2.24, 2.45) is 0 Å². The molecular formula is C9H19Li2N2O4PS. The number of carbonyl (C=O) groups is 1. The zero-order chi connectivity index (χ0) is 13.5. The number of carbonyl (C=O) groups excluding carboxylic acids is 1. The molecule has 6 nitrogen and oxygen atoms in total. The smallest absolute Gasteiger partial charge is 0.803 e. The van der Waals surface area contributed by atoms with Gasteiger partial charge in [0.15, 0.2) is 0 Å². The van der Waals surface area contributed by atoms with Crippen molar-refractivity contribution in [2.45, 2.75) is 32.7 Å². The number of rotatable bonds is 7. The molecule has 0 saturated carbocycles. The van der Waals surface area contributed by atoms with Gasteiger partial charge < -0.3 is 25.0 Å². The van der Waals surface area contributed by atoms with E-state index < -0.39 is 6.80 Å². The van der Waals surface area contributed by atoms with Gasteiger partial charge in [0.1, 0.15) is 0 Å². The summed E-state index contributed by atoms with van der Waals surface area (Å²) in [6.45, 7) is 2.08. The van der Waals surface area contributed by atoms with E-state index in [9.17, 15) is 19.1 Å². The van der Waals surface area contributed by atoms with Crippen LogP contribution in [0.3, 0.4) is 0 Å². The third-order valence-electron chi connectivity index (χ3n) is 1.57. The largest absolute Gasteiger partial charge is 1.00 e. The van der Waals surface area contributed by atoms with E-state index in [0.29, 0.717) is 30.9 Å². The van der Waals surface area contributed by atoms with Crippen LogP contribution in [0.15, 0.2) is 0 Å². The van der Waals surface area contributed by atoms with Gasteiger partial charge in [-0.1, -0.05) is 0 Å². The van der Waals surface area contributed by atoms with Gasteiger partial charge >= 0.3 is 37.7 Å². The molecule has 0 radical (unpaired) electrons. The van der Waals surface area contributed by atoms with Gasteiger partial charge in [-0.05, 0) is 27.6 Å². The molecule has 1 amide bonds. The molecule has 0 atom stereocenters. The van der Waals surface area contributed by atoms with Gasteiger partial charge in [-0.3, -0.25) is 4.79 Å². The molecule has 0 bridgehead atoms. The minimum atomic E-state index is -4.46. The zero-order valence-corrected chi connectivity index (χ0v) is 14.0. The third kappa shape index (κ3) is 21.6. The average Bonchev–Trinajstić information content (AvgIpc) is 2.06. The Morgan fingerprint density at radius 1 is 1.21 bits per heavy atom. The maximum absolute atomic E-state index is 11.3. The summed E-state index contributed by atoms with van der Waals surface area (Å²) in [6.07, 6.45) is 0.328. The summed E-state index contributed by atoms with van der Waals surface area (Å²) in [5.41, 5.74) is -0.245. The molecule has 0 unspecified atom stereocenters. The SMILES string of the molecule is CC(C)(C)NC(=O)CCNCCSP(=O)([O-])[O-].[Li+].[Li+]. The number of hydrogen-bond donors (Lipinski definition) is 2. The first-order valence-electron chi connectivity index (χ1n) is 5.28. The molecule has 0 aromatic heterocycles. The van der Waals surface area contributed by atoms with E-state index >= 15 is 0 Å². The molecular weight excluding hydrogens is 277 g/mol. The predicted molar refractivity (Wildman–Crippen MR) is 65.4 cm³/mol. The Hall–Kier alpha value is 1.12. The van der Waals surface area contributed by atoms with Crippen LogP contribution in [-0.4, -0.2) is 30.3 Å². The van der Waals surface area contributed by atoms with Gasteiger partial charge in [0, 0.05) is 30.8 Å². The summed E-state index contributed by atoms with van der Waals surface area (Å²) in [6, 6.07) is 0. The van der Waals surface area contributed by atoms with Crippen LogP contribution >= 0.6 is 18.2 Å². The van der Waals surface area contributed by atoms with Crippen molar-refractivity contribution in [2.75, 3.05) is 18.8 Å². The Labute approximate surface area is 142 Å². The van der Waals surface area contributed by atoms with Crippen molar-refractivity contribution < 1.29 is 56.9 Å². The van der Waals surface area contributed by atoms with Crippen LogP contribution in [0, 0.1) is 0 Å². The molecule has 2 N–H and O–H groups in total. The molecule has 0 rings (SSSR count). The molecule has 0 aliphatic rings. The minimum absolute atomic E-state index is 0. The number of nitrogens with one attached hydrogen (secondary N) is 2. The first-order chi connectivity index (χ1) is 7.60. The summed E-state index contributed by atoms with van der Waals surface area (Å²) in [7, 11) is 0. The van der Waals surface area contributed by atoms with Gasteiger partial charge in [0.25, 0.3) is 0 Å². The van der Waals surface area contributed by atoms with Crippen LogP contribution in [0.1, 0.15) is 27.2 Å². The van der Waals surface area contributed by atoms with E-state index in [2.05, 4.69) is 10.6 Å². The summed E-state index contributed by atoms with van der Waals surface area (Å²) in [5.74, 6) is 0.140. The van der Waals surface area contributed by atoms with Crippen molar-refractivity contribution in [3.8, 4) is 0 Å². The molecule has 0 fully saturated rings. The summed E-state index contributed by atoms with van der Waals surface area (Å²) < 4.78 is 10.3. The first kappa shape index (κ1) is 25.1. The molecule has 102 valence electrons. The standard InChI is InChI=1S/C9H21N2O4PS.2Li/c1-9(2,3)11-8(12)4-5-10-6-7-17-16(13,14)15;;/h10H,4-7H2,1-3H3,(H,11,12)(H2,13,14,15);;/q;2*+1/p-2. The summed E-state index contributed by atoms with van der Waals surface area (Å²) >= 11 is 0.384. The molecule has 0 saturated heterocycles. The fourth-order valence-electron chi connectivity index (χ4n) is 1.04. The Morgan fingerprint density at radius 3 is 2.16 bits per heavy atom. The molecule has 19 heavy (non-hydrogen) atoms. The van der Waals surface area contributed by atoms with E-state index in [0.717, 1.165) is 0 Å². The summed E-state index contributed by atoms with van der Waals surface area (Å²) in [4.78, 5) is 31.9. The Bertz CT molecular complexity index is 296. The molecule has 10 heteroatoms. The maximum atomic E-state index is 11.3. The van der Waals surface area contributed by atoms with E-state index in [-0.39, 0.29) is 54.9 Å². The summed E-state index contributed by atoms with van der Waals surface area (Å²) in [5, 5.41) is 5.70. The zero-order valence-electron chi connectivity index (χ0n) is 12.3. The average molecular weight is 296 g/mol. The van der Waals surface area contributed by atoms with Crippen LogP contribution in [0.25, 0.3) is 0 Å². The maximum Gasteiger partial charge on any atom is 1.00 e. The van der Waals surface area contributed by atoms with E-state index in [4.69, 9.17) is 0 Å². The Morgan fingerprint density at radius 2 is 1.74 bits per heavy atom. The minimum Gasteiger partial charge on any atom is -0.803 e. The number of hydrogen-bond acceptors (Lipinski definition) is 6. The second kappa shape index (κ2) is 11.7. The second-order valence-electron chi connectivity index (χ2n) is 4.58. The molecule has 0 aromatic rings. The van der Waals surface area contributed by atoms with Crippen LogP contribution < -0.4 is 58.1 Å². The van der Waals surface area contributed by atoms with Gasteiger partial charge in [-0.15, -0.1) is 11.4 Å². The Kier molecular flexibility index (Phi) is 15.5. The normalized spacial score (nSPS) is 11.2. The molecule has 0 aliphatic carbocycles. The van der Waals surface area contributed by atoms with Gasteiger partial charge in [0.2, 0.25) is 5.91 Å². The third-order valence-corrected chi connectivity index (χ3v) is 3.77. The topological polar surface area (TPSA) is 104 Å². The van der Waals surface area contributed by atoms with Crippen molar-refractivity contribution in [1.82, 2.24) is 10.6 Å². The molecule has 0 aliphatic heterocycles. The van der Waals surface area contributed by atoms with Crippen LogP contribution in [-0.2, 0) is 9.36 Å². The Balaban J connectivity index is -0.00000128. The fourth-order valence-corrected chi connectivity index (χ4v) is 2.44. The van der Waals surface area contributed by atoms with E-state index in [1.54, 1.807) is 0 Å². The van der Waals surface area contributed by atoms with E-state index in [1.807, 2.05) is 20.8 Å². The molecule has 0 spiro atoms. The molecule has 0 heterocycles. The van der Waals surface area contributed by atoms with Crippen molar-refractivity contribution in [3.63, 3.8) is 0 Å². The monoisotopic (exact) mass is 296 g/mol. The number of amides is 1. The predicted octanol–water partition coefficient (Wildman–Crippen LogP) is -6.55. The van der Waals surface area contributed by atoms with Crippen LogP contribution in [0.5, 0.6) is 0 Å². The van der Waals surface area contributed by atoms with Gasteiger partial charge in [-0.25, -0.2) is 0 Å². The second-order valence-corrected chi connectivity index (χ2v) is 8.26. The first-order valence-corrected chi connectivity index (χ1v) is 8.42. The quantitative estimate of drug-likeness (QED) is 0.275. The fraction of sp³-hybridized carbons (Fsp3) is 0.889. The van der Waals surface area contributed by atoms with E-state index in [1.165, 1.54) is 0 Å². The van der Waals surface area contributed by atoms with Crippen molar-refractivity contribution >= 4 is 24.1 Å². The van der Waals surface area contributed by atoms with Gasteiger partial charge in [-0.2, -0.15) is 0 Å². The van der Waals surface area contributed by atoms with Crippen LogP contribution in [0.2, 0.25) is 0 Å². The molecule has 0 aromatic carbocycles. The van der Waals surface area contributed by atoms with Crippen LogP contribution in [0.4, 0.5) is 0 Å². The van der Waals surface area contributed by atoms with Crippen molar-refractivity contribution in [3.05, 3.63) is 0 Å². The van der Waals surface area contributed by atoms with Crippen molar-refractivity contribution in [1.29, 1.82) is 0 Å². The van der Waals surface area contributed by atoms with Gasteiger partial charge in [0.05, 0.1) is 0 Å².